The highest BCUT2D eigenvalue weighted by Gasteiger charge is 2.11. The van der Waals surface area contributed by atoms with Crippen molar-refractivity contribution in [3.05, 3.63) is 36.0 Å². The molecule has 3 aromatic rings. The van der Waals surface area contributed by atoms with Crippen LogP contribution < -0.4 is 5.73 Å². The molecule has 0 saturated heterocycles. The topological polar surface area (TPSA) is 77.8 Å². The molecule has 3 rings (SSSR count). The van der Waals surface area contributed by atoms with E-state index in [2.05, 4.69) is 15.1 Å². The molecule has 0 spiro atoms. The first-order chi connectivity index (χ1) is 8.33. The van der Waals surface area contributed by atoms with Crippen LogP contribution in [0.2, 0.25) is 0 Å². The Kier molecular flexibility index (Phi) is 2.34. The Morgan fingerprint density at radius 1 is 1.29 bits per heavy atom. The fraction of sp³-hybridized carbons (Fsp3) is 0. The number of rotatable bonds is 2. The molecule has 3 aromatic heterocycles. The zero-order chi connectivity index (χ0) is 11.7. The average molecular weight is 244 g/mol. The molecule has 0 aliphatic rings. The minimum atomic E-state index is 0.424. The monoisotopic (exact) mass is 244 g/mol. The van der Waals surface area contributed by atoms with Crippen molar-refractivity contribution in [1.82, 2.24) is 15.1 Å². The molecule has 2 N–H and O–H groups in total. The van der Waals surface area contributed by atoms with Gasteiger partial charge in [0.2, 0.25) is 5.82 Å². The molecule has 0 atom stereocenters. The fourth-order valence-corrected chi connectivity index (χ4v) is 2.07. The van der Waals surface area contributed by atoms with Crippen molar-refractivity contribution < 1.29 is 4.52 Å². The molecular formula is C11H8N4OS. The minimum Gasteiger partial charge on any atom is -0.397 e. The van der Waals surface area contributed by atoms with E-state index in [1.165, 1.54) is 0 Å². The van der Waals surface area contributed by atoms with Gasteiger partial charge in [0, 0.05) is 12.4 Å². The third kappa shape index (κ3) is 1.90. The second-order valence-corrected chi connectivity index (χ2v) is 4.36. The first-order valence-electron chi connectivity index (χ1n) is 4.91. The van der Waals surface area contributed by atoms with Crippen LogP contribution in [0.3, 0.4) is 0 Å². The molecule has 84 valence electrons. The van der Waals surface area contributed by atoms with Gasteiger partial charge in [0.1, 0.15) is 0 Å². The SMILES string of the molecule is Nc1cncc(-c2nc(-c3cccs3)no2)c1. The summed E-state index contributed by atoms with van der Waals surface area (Å²) in [7, 11) is 0. The summed E-state index contributed by atoms with van der Waals surface area (Å²) in [6.07, 6.45) is 3.21. The van der Waals surface area contributed by atoms with Gasteiger partial charge in [-0.2, -0.15) is 4.98 Å². The maximum absolute atomic E-state index is 5.65. The lowest BCUT2D eigenvalue weighted by Gasteiger charge is -1.94. The van der Waals surface area contributed by atoms with Crippen molar-refractivity contribution in [2.24, 2.45) is 0 Å². The maximum atomic E-state index is 5.65. The highest BCUT2D eigenvalue weighted by molar-refractivity contribution is 7.13. The molecule has 17 heavy (non-hydrogen) atoms. The van der Waals surface area contributed by atoms with E-state index in [1.54, 1.807) is 29.8 Å². The predicted octanol–water partition coefficient (Wildman–Crippen LogP) is 2.44. The Bertz CT molecular complexity index is 632. The maximum Gasteiger partial charge on any atom is 0.259 e. The zero-order valence-electron chi connectivity index (χ0n) is 8.70. The van der Waals surface area contributed by atoms with Crippen LogP contribution in [0.25, 0.3) is 22.2 Å². The van der Waals surface area contributed by atoms with Crippen molar-refractivity contribution >= 4 is 17.0 Å². The number of thiophene rings is 1. The number of nitrogen functional groups attached to an aromatic ring is 1. The summed E-state index contributed by atoms with van der Waals surface area (Å²) in [5.74, 6) is 1.01. The number of aromatic nitrogens is 3. The van der Waals surface area contributed by atoms with Gasteiger partial charge < -0.3 is 10.3 Å². The van der Waals surface area contributed by atoms with Gasteiger partial charge in [0.25, 0.3) is 5.89 Å². The number of hydrogen-bond acceptors (Lipinski definition) is 6. The molecule has 0 unspecified atom stereocenters. The van der Waals surface area contributed by atoms with Crippen LogP contribution in [-0.4, -0.2) is 15.1 Å². The Morgan fingerprint density at radius 2 is 2.24 bits per heavy atom. The van der Waals surface area contributed by atoms with E-state index in [-0.39, 0.29) is 0 Å². The Balaban J connectivity index is 2.01. The number of nitrogens with zero attached hydrogens (tertiary/aromatic N) is 3. The van der Waals surface area contributed by atoms with Gasteiger partial charge >= 0.3 is 0 Å². The predicted molar refractivity (Wildman–Crippen MR) is 65.3 cm³/mol. The third-order valence-corrected chi connectivity index (χ3v) is 3.04. The van der Waals surface area contributed by atoms with Crippen LogP contribution >= 0.6 is 11.3 Å². The molecule has 0 radical (unpaired) electrons. The van der Waals surface area contributed by atoms with E-state index in [0.717, 1.165) is 10.4 Å². The normalized spacial score (nSPS) is 10.6. The van der Waals surface area contributed by atoms with E-state index in [4.69, 9.17) is 10.3 Å². The van der Waals surface area contributed by atoms with Crippen molar-refractivity contribution in [2.45, 2.75) is 0 Å². The molecule has 3 heterocycles. The fourth-order valence-electron chi connectivity index (χ4n) is 1.42. The van der Waals surface area contributed by atoms with E-state index in [1.807, 2.05) is 17.5 Å². The lowest BCUT2D eigenvalue weighted by molar-refractivity contribution is 0.432. The summed E-state index contributed by atoms with van der Waals surface area (Å²) in [5, 5.41) is 5.89. The first kappa shape index (κ1) is 9.98. The molecule has 0 saturated carbocycles. The molecule has 0 fully saturated rings. The lowest BCUT2D eigenvalue weighted by Crippen LogP contribution is -1.87. The van der Waals surface area contributed by atoms with Gasteiger partial charge in [0.15, 0.2) is 0 Å². The number of pyridine rings is 1. The van der Waals surface area contributed by atoms with Gasteiger partial charge in [0.05, 0.1) is 16.1 Å². The summed E-state index contributed by atoms with van der Waals surface area (Å²) in [4.78, 5) is 9.25. The Labute approximate surface area is 101 Å². The molecule has 0 aliphatic heterocycles. The Hall–Kier alpha value is -2.21. The summed E-state index contributed by atoms with van der Waals surface area (Å²) in [6.45, 7) is 0. The van der Waals surface area contributed by atoms with Crippen LogP contribution in [0, 0.1) is 0 Å². The standard InChI is InChI=1S/C11H8N4OS/c12-8-4-7(5-13-6-8)11-14-10(15-16-11)9-2-1-3-17-9/h1-6H,12H2. The second-order valence-electron chi connectivity index (χ2n) is 3.41. The van der Waals surface area contributed by atoms with Crippen molar-refractivity contribution in [2.75, 3.05) is 5.73 Å². The summed E-state index contributed by atoms with van der Waals surface area (Å²) < 4.78 is 5.18. The molecule has 0 aromatic carbocycles. The highest BCUT2D eigenvalue weighted by atomic mass is 32.1. The summed E-state index contributed by atoms with van der Waals surface area (Å²) in [5.41, 5.74) is 6.94. The lowest BCUT2D eigenvalue weighted by atomic mass is 10.2. The van der Waals surface area contributed by atoms with Gasteiger partial charge in [-0.1, -0.05) is 11.2 Å². The van der Waals surface area contributed by atoms with Crippen LogP contribution in [-0.2, 0) is 0 Å². The first-order valence-corrected chi connectivity index (χ1v) is 5.79. The van der Waals surface area contributed by atoms with Crippen molar-refractivity contribution in [1.29, 1.82) is 0 Å². The van der Waals surface area contributed by atoms with E-state index >= 15 is 0 Å². The van der Waals surface area contributed by atoms with Crippen molar-refractivity contribution in [3.63, 3.8) is 0 Å². The van der Waals surface area contributed by atoms with Gasteiger partial charge in [-0.3, -0.25) is 4.98 Å². The summed E-state index contributed by atoms with van der Waals surface area (Å²) >= 11 is 1.56. The molecular weight excluding hydrogens is 236 g/mol. The van der Waals surface area contributed by atoms with E-state index in [9.17, 15) is 0 Å². The average Bonchev–Trinajstić information content (AvgIpc) is 3.00. The molecule has 0 amide bonds. The quantitative estimate of drug-likeness (QED) is 0.749. The van der Waals surface area contributed by atoms with E-state index in [0.29, 0.717) is 17.4 Å². The van der Waals surface area contributed by atoms with Gasteiger partial charge in [-0.25, -0.2) is 0 Å². The van der Waals surface area contributed by atoms with Gasteiger partial charge in [-0.15, -0.1) is 11.3 Å². The number of nitrogens with two attached hydrogens (primary N) is 1. The van der Waals surface area contributed by atoms with Crippen LogP contribution in [0.1, 0.15) is 0 Å². The highest BCUT2D eigenvalue weighted by Crippen LogP contribution is 2.25. The zero-order valence-corrected chi connectivity index (χ0v) is 9.52. The second kappa shape index (κ2) is 3.99. The molecule has 0 aliphatic carbocycles. The minimum absolute atomic E-state index is 0.424. The molecule has 6 heteroatoms. The summed E-state index contributed by atoms with van der Waals surface area (Å²) in [6, 6.07) is 5.63. The van der Waals surface area contributed by atoms with Crippen molar-refractivity contribution in [3.8, 4) is 22.2 Å². The van der Waals surface area contributed by atoms with E-state index < -0.39 is 0 Å². The number of anilines is 1. The molecule has 0 bridgehead atoms. The third-order valence-electron chi connectivity index (χ3n) is 2.17. The van der Waals surface area contributed by atoms with Gasteiger partial charge in [-0.05, 0) is 17.5 Å². The number of hydrogen-bond donors (Lipinski definition) is 1. The van der Waals surface area contributed by atoms with Crippen LogP contribution in [0.5, 0.6) is 0 Å². The van der Waals surface area contributed by atoms with Crippen LogP contribution in [0.4, 0.5) is 5.69 Å². The largest absolute Gasteiger partial charge is 0.397 e. The molecule has 5 nitrogen and oxygen atoms in total. The Morgan fingerprint density at radius 3 is 3.00 bits per heavy atom. The smallest absolute Gasteiger partial charge is 0.259 e. The van der Waals surface area contributed by atoms with Crippen LogP contribution in [0.15, 0.2) is 40.5 Å².